The van der Waals surface area contributed by atoms with Gasteiger partial charge in [0.05, 0.1) is 13.0 Å². The zero-order chi connectivity index (χ0) is 11.5. The number of rotatable bonds is 4. The van der Waals surface area contributed by atoms with Crippen LogP contribution in [0, 0.1) is 0 Å². The first-order valence-electron chi connectivity index (χ1n) is 5.24. The summed E-state index contributed by atoms with van der Waals surface area (Å²) in [6.45, 7) is 0.280. The highest BCUT2D eigenvalue weighted by Crippen LogP contribution is 2.26. The van der Waals surface area contributed by atoms with Gasteiger partial charge in [0.2, 0.25) is 5.91 Å². The van der Waals surface area contributed by atoms with Crippen LogP contribution in [0.25, 0.3) is 0 Å². The molecule has 1 aliphatic carbocycles. The molecule has 4 heteroatoms. The Morgan fingerprint density at radius 2 is 2.19 bits per heavy atom. The lowest BCUT2D eigenvalue weighted by Gasteiger charge is -2.06. The third-order valence-corrected chi connectivity index (χ3v) is 2.62. The molecule has 0 saturated carbocycles. The van der Waals surface area contributed by atoms with E-state index < -0.39 is 0 Å². The van der Waals surface area contributed by atoms with Crippen LogP contribution >= 0.6 is 0 Å². The van der Waals surface area contributed by atoms with E-state index in [2.05, 4.69) is 0 Å². The predicted molar refractivity (Wildman–Crippen MR) is 58.4 cm³/mol. The molecule has 0 radical (unpaired) electrons. The molecule has 0 heterocycles. The lowest BCUT2D eigenvalue weighted by Crippen LogP contribution is -2.14. The number of fused-ring (bicyclic) bond motifs is 1. The van der Waals surface area contributed by atoms with Gasteiger partial charge in [0.1, 0.15) is 5.75 Å². The fourth-order valence-corrected chi connectivity index (χ4v) is 1.79. The maximum Gasteiger partial charge on any atom is 0.220 e. The topological polar surface area (TPSA) is 69.4 Å². The van der Waals surface area contributed by atoms with Crippen molar-refractivity contribution in [3.8, 4) is 5.75 Å². The highest BCUT2D eigenvalue weighted by Gasteiger charge is 2.19. The van der Waals surface area contributed by atoms with Crippen LogP contribution in [-0.2, 0) is 11.2 Å². The molecule has 0 atom stereocenters. The van der Waals surface area contributed by atoms with E-state index in [1.165, 1.54) is 0 Å². The lowest BCUT2D eigenvalue weighted by molar-refractivity contribution is -0.118. The standard InChI is InChI=1S/C12H13NO3/c13-12(15)5-6-16-9-2-3-10-8(7-9)1-4-11(10)14/h2-3,7H,1,4-6H2,(H2,13,15). The number of hydrogen-bond donors (Lipinski definition) is 1. The smallest absolute Gasteiger partial charge is 0.220 e. The molecule has 0 unspecified atom stereocenters. The van der Waals surface area contributed by atoms with Crippen LogP contribution in [0.3, 0.4) is 0 Å². The highest BCUT2D eigenvalue weighted by atomic mass is 16.5. The molecular formula is C12H13NO3. The van der Waals surface area contributed by atoms with Crippen molar-refractivity contribution in [1.82, 2.24) is 0 Å². The Morgan fingerprint density at radius 1 is 1.38 bits per heavy atom. The largest absolute Gasteiger partial charge is 0.493 e. The molecule has 1 amide bonds. The van der Waals surface area contributed by atoms with Gasteiger partial charge in [-0.3, -0.25) is 9.59 Å². The van der Waals surface area contributed by atoms with E-state index in [0.717, 1.165) is 17.5 Å². The van der Waals surface area contributed by atoms with E-state index in [9.17, 15) is 9.59 Å². The number of nitrogens with two attached hydrogens (primary N) is 1. The van der Waals surface area contributed by atoms with E-state index in [4.69, 9.17) is 10.5 Å². The normalized spacial score (nSPS) is 13.6. The molecule has 2 rings (SSSR count). The van der Waals surface area contributed by atoms with Crippen molar-refractivity contribution in [2.24, 2.45) is 5.73 Å². The molecule has 1 aliphatic rings. The molecule has 1 aromatic rings. The van der Waals surface area contributed by atoms with Gasteiger partial charge in [-0.15, -0.1) is 0 Å². The Kier molecular flexibility index (Phi) is 2.90. The van der Waals surface area contributed by atoms with E-state index in [-0.39, 0.29) is 24.7 Å². The van der Waals surface area contributed by atoms with Gasteiger partial charge >= 0.3 is 0 Å². The van der Waals surface area contributed by atoms with Crippen molar-refractivity contribution in [3.63, 3.8) is 0 Å². The second kappa shape index (κ2) is 4.35. The predicted octanol–water partition coefficient (Wildman–Crippen LogP) is 1.07. The van der Waals surface area contributed by atoms with Crippen LogP contribution in [0.4, 0.5) is 0 Å². The molecule has 0 aromatic heterocycles. The summed E-state index contributed by atoms with van der Waals surface area (Å²) in [4.78, 5) is 21.9. The summed E-state index contributed by atoms with van der Waals surface area (Å²) in [5, 5.41) is 0. The van der Waals surface area contributed by atoms with Crippen molar-refractivity contribution in [2.45, 2.75) is 19.3 Å². The maximum atomic E-state index is 11.4. The highest BCUT2D eigenvalue weighted by molar-refractivity contribution is 6.00. The van der Waals surface area contributed by atoms with Crippen LogP contribution in [0.15, 0.2) is 18.2 Å². The number of aryl methyl sites for hydroxylation is 1. The lowest BCUT2D eigenvalue weighted by atomic mass is 10.1. The maximum absolute atomic E-state index is 11.4. The molecule has 0 bridgehead atoms. The average molecular weight is 219 g/mol. The average Bonchev–Trinajstić information content (AvgIpc) is 2.60. The fraction of sp³-hybridized carbons (Fsp3) is 0.333. The van der Waals surface area contributed by atoms with Gasteiger partial charge in [0.15, 0.2) is 5.78 Å². The van der Waals surface area contributed by atoms with Crippen molar-refractivity contribution >= 4 is 11.7 Å². The Labute approximate surface area is 93.4 Å². The second-order valence-corrected chi connectivity index (χ2v) is 3.81. The molecular weight excluding hydrogens is 206 g/mol. The van der Waals surface area contributed by atoms with E-state index >= 15 is 0 Å². The van der Waals surface area contributed by atoms with Crippen LogP contribution in [0.2, 0.25) is 0 Å². The number of Topliss-reactive ketones (excluding diaryl/α,β-unsaturated/α-hetero) is 1. The van der Waals surface area contributed by atoms with Gasteiger partial charge in [0, 0.05) is 12.0 Å². The quantitative estimate of drug-likeness (QED) is 0.823. The summed E-state index contributed by atoms with van der Waals surface area (Å²) < 4.78 is 5.37. The van der Waals surface area contributed by atoms with E-state index in [1.54, 1.807) is 12.1 Å². The molecule has 0 fully saturated rings. The van der Waals surface area contributed by atoms with Gasteiger partial charge in [-0.1, -0.05) is 0 Å². The van der Waals surface area contributed by atoms with Crippen molar-refractivity contribution in [1.29, 1.82) is 0 Å². The first kappa shape index (κ1) is 10.7. The summed E-state index contributed by atoms with van der Waals surface area (Å²) in [6, 6.07) is 5.40. The Morgan fingerprint density at radius 3 is 2.94 bits per heavy atom. The number of ketones is 1. The van der Waals surface area contributed by atoms with E-state index in [0.29, 0.717) is 12.2 Å². The summed E-state index contributed by atoms with van der Waals surface area (Å²) in [7, 11) is 0. The van der Waals surface area contributed by atoms with Crippen molar-refractivity contribution < 1.29 is 14.3 Å². The zero-order valence-corrected chi connectivity index (χ0v) is 8.86. The first-order chi connectivity index (χ1) is 7.66. The van der Waals surface area contributed by atoms with Gasteiger partial charge in [-0.05, 0) is 30.2 Å². The van der Waals surface area contributed by atoms with Gasteiger partial charge in [0.25, 0.3) is 0 Å². The molecule has 0 spiro atoms. The number of carbonyl (C=O) groups excluding carboxylic acids is 2. The number of carbonyl (C=O) groups is 2. The monoisotopic (exact) mass is 219 g/mol. The zero-order valence-electron chi connectivity index (χ0n) is 8.86. The van der Waals surface area contributed by atoms with Gasteiger partial charge < -0.3 is 10.5 Å². The number of primary amides is 1. The summed E-state index contributed by atoms with van der Waals surface area (Å²) in [6.07, 6.45) is 1.57. The molecule has 1 aromatic carbocycles. The fourth-order valence-electron chi connectivity index (χ4n) is 1.79. The minimum atomic E-state index is -0.378. The Hall–Kier alpha value is -1.84. The summed E-state index contributed by atoms with van der Waals surface area (Å²) in [5.74, 6) is 0.504. The third-order valence-electron chi connectivity index (χ3n) is 2.62. The molecule has 16 heavy (non-hydrogen) atoms. The molecule has 0 aliphatic heterocycles. The first-order valence-corrected chi connectivity index (χ1v) is 5.24. The third kappa shape index (κ3) is 2.21. The van der Waals surface area contributed by atoms with Crippen LogP contribution < -0.4 is 10.5 Å². The minimum absolute atomic E-state index is 0.193. The van der Waals surface area contributed by atoms with Crippen LogP contribution in [-0.4, -0.2) is 18.3 Å². The molecule has 84 valence electrons. The number of ether oxygens (including phenoxy) is 1. The number of amides is 1. The van der Waals surface area contributed by atoms with Crippen molar-refractivity contribution in [2.75, 3.05) is 6.61 Å². The Bertz CT molecular complexity index is 440. The summed E-state index contributed by atoms with van der Waals surface area (Å²) >= 11 is 0. The van der Waals surface area contributed by atoms with Crippen molar-refractivity contribution in [3.05, 3.63) is 29.3 Å². The Balaban J connectivity index is 2.02. The number of hydrogen-bond acceptors (Lipinski definition) is 3. The van der Waals surface area contributed by atoms with Gasteiger partial charge in [-0.25, -0.2) is 0 Å². The second-order valence-electron chi connectivity index (χ2n) is 3.81. The van der Waals surface area contributed by atoms with Crippen LogP contribution in [0.5, 0.6) is 5.75 Å². The number of benzene rings is 1. The molecule has 4 nitrogen and oxygen atoms in total. The molecule has 2 N–H and O–H groups in total. The van der Waals surface area contributed by atoms with Crippen LogP contribution in [0.1, 0.15) is 28.8 Å². The summed E-state index contributed by atoms with van der Waals surface area (Å²) in [5.41, 5.74) is 6.82. The van der Waals surface area contributed by atoms with Gasteiger partial charge in [-0.2, -0.15) is 0 Å². The minimum Gasteiger partial charge on any atom is -0.493 e. The SMILES string of the molecule is NC(=O)CCOc1ccc2c(c1)CCC2=O. The molecule has 0 saturated heterocycles. The van der Waals surface area contributed by atoms with E-state index in [1.807, 2.05) is 6.07 Å².